The zero-order chi connectivity index (χ0) is 48.9. The van der Waals surface area contributed by atoms with Crippen LogP contribution in [0.4, 0.5) is 0 Å². The summed E-state index contributed by atoms with van der Waals surface area (Å²) in [5.41, 5.74) is 21.7. The number of benzene rings is 8. The van der Waals surface area contributed by atoms with Crippen molar-refractivity contribution < 1.29 is 29.1 Å². The van der Waals surface area contributed by atoms with E-state index in [2.05, 4.69) is 226 Å². The molecular formula is C65H55IrN5O+. The molecule has 0 atom stereocenters. The number of aromatic nitrogens is 5. The van der Waals surface area contributed by atoms with E-state index in [1.165, 1.54) is 50.3 Å². The van der Waals surface area contributed by atoms with E-state index in [0.717, 1.165) is 83.7 Å². The fourth-order valence-corrected chi connectivity index (χ4v) is 10.2. The van der Waals surface area contributed by atoms with Gasteiger partial charge in [-0.1, -0.05) is 154 Å². The third-order valence-electron chi connectivity index (χ3n) is 13.5. The predicted molar refractivity (Wildman–Crippen MR) is 291 cm³/mol. The Labute approximate surface area is 435 Å². The van der Waals surface area contributed by atoms with Crippen molar-refractivity contribution in [1.82, 2.24) is 19.5 Å². The molecule has 72 heavy (non-hydrogen) atoms. The molecule has 0 radical (unpaired) electrons. The van der Waals surface area contributed by atoms with Crippen LogP contribution in [0.15, 0.2) is 180 Å². The molecule has 0 saturated heterocycles. The summed E-state index contributed by atoms with van der Waals surface area (Å²) in [4.78, 5) is 14.7. The SMILES string of the molecule is CC(C)c1cc(-c2ccccc2)cc(C(C)C)c1-n1c(-c2[c-]ccc3c2oc2cc(-c4ccccc4)ccc23)nc2ccccc21.Cc1[c-]c(-c2[n-]c3ccccc3[n+]2-c2c(C)cccc2C)cc(C)n1.[Ir+3]. The van der Waals surface area contributed by atoms with Gasteiger partial charge < -0.3 is 13.6 Å². The van der Waals surface area contributed by atoms with Crippen molar-refractivity contribution in [3.63, 3.8) is 0 Å². The molecule has 4 heterocycles. The molecule has 354 valence electrons. The van der Waals surface area contributed by atoms with Gasteiger partial charge in [-0.05, 0) is 138 Å². The van der Waals surface area contributed by atoms with Gasteiger partial charge >= 0.3 is 20.1 Å². The molecule has 7 heteroatoms. The smallest absolute Gasteiger partial charge is 0.501 e. The summed E-state index contributed by atoms with van der Waals surface area (Å²) >= 11 is 0. The summed E-state index contributed by atoms with van der Waals surface area (Å²) in [6.45, 7) is 17.4. The van der Waals surface area contributed by atoms with Crippen LogP contribution in [0.2, 0.25) is 0 Å². The molecule has 0 fully saturated rings. The standard InChI is InChI=1S/C43H35N2O.C22H20N3.Ir/c1-27(2)36-24-32(30-16-9-6-10-17-30)25-37(28(3)4)41(36)45-39-21-12-11-20-38(39)44-43(45)35-19-13-18-34-33-23-22-31(26-40(33)46-42(34)35)29-14-7-5-8-15-29;1-14-8-7-9-15(2)21(14)25-20-11-6-5-10-19(20)24-22(25)18-12-16(3)23-17(4)13-18;/h5-18,20-28H,1-4H3;5-12H,1-4H3;/q2*-1;+3. The first kappa shape index (κ1) is 48.0. The summed E-state index contributed by atoms with van der Waals surface area (Å²) in [5.74, 6) is 2.32. The molecular weight excluding hydrogens is 1060 g/mol. The van der Waals surface area contributed by atoms with E-state index in [1.807, 2.05) is 32.0 Å². The van der Waals surface area contributed by atoms with Crippen LogP contribution in [0.1, 0.15) is 73.2 Å². The number of aryl methyl sites for hydroxylation is 4. The van der Waals surface area contributed by atoms with Crippen molar-refractivity contribution in [2.45, 2.75) is 67.2 Å². The van der Waals surface area contributed by atoms with Crippen LogP contribution >= 0.6 is 0 Å². The maximum Gasteiger partial charge on any atom is 3.00 e. The van der Waals surface area contributed by atoms with Crippen LogP contribution in [0.3, 0.4) is 0 Å². The Bertz CT molecular complexity index is 3870. The van der Waals surface area contributed by atoms with Gasteiger partial charge in [-0.25, -0.2) is 0 Å². The normalized spacial score (nSPS) is 11.5. The Morgan fingerprint density at radius 1 is 0.597 bits per heavy atom. The van der Waals surface area contributed by atoms with Crippen LogP contribution in [0, 0.1) is 39.8 Å². The number of rotatable bonds is 8. The second-order valence-corrected chi connectivity index (χ2v) is 19.2. The van der Waals surface area contributed by atoms with Crippen LogP contribution in [0.5, 0.6) is 0 Å². The van der Waals surface area contributed by atoms with Gasteiger partial charge in [-0.15, -0.1) is 35.9 Å². The van der Waals surface area contributed by atoms with Gasteiger partial charge in [0.25, 0.3) is 0 Å². The molecule has 8 aromatic carbocycles. The van der Waals surface area contributed by atoms with Gasteiger partial charge in [-0.3, -0.25) is 15.0 Å². The summed E-state index contributed by atoms with van der Waals surface area (Å²) in [6, 6.07) is 68.6. The Kier molecular flexibility index (Phi) is 13.2. The average molecular weight is 1110 g/mol. The number of nitrogens with zero attached hydrogens (tertiary/aromatic N) is 5. The van der Waals surface area contributed by atoms with Crippen molar-refractivity contribution in [3.05, 3.63) is 222 Å². The van der Waals surface area contributed by atoms with E-state index in [0.29, 0.717) is 0 Å². The molecule has 12 aromatic rings. The minimum atomic E-state index is 0. The number of imidazole rings is 2. The van der Waals surface area contributed by atoms with Gasteiger partial charge in [0, 0.05) is 22.6 Å². The summed E-state index contributed by atoms with van der Waals surface area (Å²) in [5, 5.41) is 2.15. The molecule has 12 rings (SSSR count). The first-order valence-corrected chi connectivity index (χ1v) is 24.6. The second-order valence-electron chi connectivity index (χ2n) is 19.2. The Morgan fingerprint density at radius 2 is 1.24 bits per heavy atom. The van der Waals surface area contributed by atoms with Crippen molar-refractivity contribution in [2.24, 2.45) is 0 Å². The van der Waals surface area contributed by atoms with E-state index in [4.69, 9.17) is 14.4 Å². The third kappa shape index (κ3) is 8.78. The van der Waals surface area contributed by atoms with E-state index in [-0.39, 0.29) is 31.9 Å². The topological polar surface area (TPSA) is 61.8 Å². The van der Waals surface area contributed by atoms with Gasteiger partial charge in [0.05, 0.1) is 33.5 Å². The molecule has 6 nitrogen and oxygen atoms in total. The summed E-state index contributed by atoms with van der Waals surface area (Å²) in [7, 11) is 0. The van der Waals surface area contributed by atoms with E-state index >= 15 is 0 Å². The largest absolute Gasteiger partial charge is 3.00 e. The van der Waals surface area contributed by atoms with Gasteiger partial charge in [-0.2, -0.15) is 0 Å². The minimum Gasteiger partial charge on any atom is -0.501 e. The van der Waals surface area contributed by atoms with E-state index in [9.17, 15) is 0 Å². The molecule has 0 aliphatic heterocycles. The maximum absolute atomic E-state index is 6.73. The summed E-state index contributed by atoms with van der Waals surface area (Å²) < 4.78 is 11.4. The van der Waals surface area contributed by atoms with E-state index in [1.54, 1.807) is 0 Å². The molecule has 0 bridgehead atoms. The first-order valence-electron chi connectivity index (χ1n) is 24.6. The molecule has 0 aliphatic rings. The average Bonchev–Trinajstić information content (AvgIpc) is 4.08. The number of hydrogen-bond donors (Lipinski definition) is 0. The van der Waals surface area contributed by atoms with Crippen molar-refractivity contribution in [2.75, 3.05) is 0 Å². The van der Waals surface area contributed by atoms with Gasteiger partial charge in [0.2, 0.25) is 0 Å². The Balaban J connectivity index is 0.000000194. The quantitative estimate of drug-likeness (QED) is 0.112. The molecule has 0 aliphatic carbocycles. The molecule has 0 spiro atoms. The first-order chi connectivity index (χ1) is 34.5. The number of fused-ring (bicyclic) bond motifs is 5. The number of pyridine rings is 1. The maximum atomic E-state index is 6.73. The van der Waals surface area contributed by atoms with Crippen molar-refractivity contribution in [3.8, 4) is 56.4 Å². The van der Waals surface area contributed by atoms with Crippen LogP contribution in [-0.4, -0.2) is 14.5 Å². The molecule has 4 aromatic heterocycles. The van der Waals surface area contributed by atoms with Crippen LogP contribution in [0.25, 0.3) is 100 Å². The van der Waals surface area contributed by atoms with Gasteiger partial charge in [0.15, 0.2) is 0 Å². The second kappa shape index (κ2) is 19.8. The van der Waals surface area contributed by atoms with Gasteiger partial charge in [0.1, 0.15) is 5.58 Å². The molecule has 0 amide bonds. The third-order valence-corrected chi connectivity index (χ3v) is 13.5. The zero-order valence-electron chi connectivity index (χ0n) is 41.9. The minimum absolute atomic E-state index is 0. The monoisotopic (exact) mass is 1110 g/mol. The van der Waals surface area contributed by atoms with Crippen molar-refractivity contribution >= 4 is 44.0 Å². The van der Waals surface area contributed by atoms with E-state index < -0.39 is 0 Å². The molecule has 0 N–H and O–H groups in total. The fourth-order valence-electron chi connectivity index (χ4n) is 10.2. The number of hydrogen-bond acceptors (Lipinski definition) is 3. The Morgan fingerprint density at radius 3 is 1.92 bits per heavy atom. The Hall–Kier alpha value is -7.70. The number of furan rings is 1. The predicted octanol–water partition coefficient (Wildman–Crippen LogP) is 16.1. The molecule has 0 saturated carbocycles. The molecule has 0 unspecified atom stereocenters. The zero-order valence-corrected chi connectivity index (χ0v) is 44.3. The van der Waals surface area contributed by atoms with Crippen LogP contribution in [-0.2, 0) is 20.1 Å². The number of para-hydroxylation sites is 5. The van der Waals surface area contributed by atoms with Crippen molar-refractivity contribution in [1.29, 1.82) is 0 Å². The fraction of sp³-hybridized carbons (Fsp3) is 0.154. The summed E-state index contributed by atoms with van der Waals surface area (Å²) in [6.07, 6.45) is 0. The van der Waals surface area contributed by atoms with Crippen LogP contribution < -0.4 is 9.55 Å².